The molecule has 3 heterocycles. The van der Waals surface area contributed by atoms with Crippen LogP contribution in [-0.2, 0) is 10.0 Å². The summed E-state index contributed by atoms with van der Waals surface area (Å²) in [6, 6.07) is 22.5. The summed E-state index contributed by atoms with van der Waals surface area (Å²) in [5, 5.41) is 3.67. The lowest BCUT2D eigenvalue weighted by Gasteiger charge is -2.31. The molecule has 3 aromatic carbocycles. The van der Waals surface area contributed by atoms with E-state index in [0.29, 0.717) is 18.6 Å². The molecule has 4 aromatic rings. The van der Waals surface area contributed by atoms with Gasteiger partial charge in [-0.1, -0.05) is 48.5 Å². The molecule has 2 aliphatic heterocycles. The van der Waals surface area contributed by atoms with Crippen LogP contribution in [0.3, 0.4) is 0 Å². The molecule has 2 saturated heterocycles. The molecule has 1 aromatic heterocycles. The number of amides is 1. The number of para-hydroxylation sites is 1. The number of alkyl halides is 4. The third-order valence-corrected chi connectivity index (χ3v) is 9.23. The molecule has 2 fully saturated rings. The first kappa shape index (κ1) is 29.8. The van der Waals surface area contributed by atoms with Crippen LogP contribution in [-0.4, -0.2) is 61.2 Å². The molecule has 0 bridgehead atoms. The lowest BCUT2D eigenvalue weighted by Crippen LogP contribution is -2.42. The smallest absolute Gasteiger partial charge is 0.268 e. The Kier molecular flexibility index (Phi) is 8.43. The first-order valence-corrected chi connectivity index (χ1v) is 15.2. The normalized spacial score (nSPS) is 18.2. The second kappa shape index (κ2) is 11.9. The summed E-state index contributed by atoms with van der Waals surface area (Å²) < 4.78 is 79.5. The number of fused-ring (bicyclic) bond motifs is 1. The van der Waals surface area contributed by atoms with E-state index in [1.807, 2.05) is 42.5 Å². The van der Waals surface area contributed by atoms with Crippen molar-refractivity contribution in [3.05, 3.63) is 90.6 Å². The lowest BCUT2D eigenvalue weighted by molar-refractivity contribution is -0.0494. The third kappa shape index (κ3) is 6.52. The van der Waals surface area contributed by atoms with Gasteiger partial charge in [-0.3, -0.25) is 4.79 Å². The van der Waals surface area contributed by atoms with Crippen molar-refractivity contribution < 1.29 is 30.8 Å². The van der Waals surface area contributed by atoms with E-state index < -0.39 is 21.9 Å². The number of piperidine rings is 2. The minimum atomic E-state index is -3.94. The molecule has 0 aliphatic carbocycles. The predicted molar refractivity (Wildman–Crippen MR) is 154 cm³/mol. The molecular weight excluding hydrogens is 570 g/mol. The number of hydrogen-bond acceptors (Lipinski definition) is 4. The van der Waals surface area contributed by atoms with Crippen molar-refractivity contribution >= 4 is 26.8 Å². The fraction of sp³-hybridized carbons (Fsp3) is 0.323. The number of carbonyl (C=O) groups excluding carboxylic acids is 1. The maximum atomic E-state index is 13.5. The van der Waals surface area contributed by atoms with E-state index in [1.54, 1.807) is 18.3 Å². The van der Waals surface area contributed by atoms with E-state index in [2.05, 4.69) is 5.32 Å². The Bertz CT molecular complexity index is 1640. The van der Waals surface area contributed by atoms with Crippen molar-refractivity contribution in [3.8, 4) is 11.1 Å². The summed E-state index contributed by atoms with van der Waals surface area (Å²) in [6.45, 7) is 0.882. The quantitative estimate of drug-likeness (QED) is 0.274. The predicted octanol–water partition coefficient (Wildman–Crippen LogP) is 6.42. The van der Waals surface area contributed by atoms with Gasteiger partial charge in [0.2, 0.25) is 0 Å². The Morgan fingerprint density at radius 3 is 1.90 bits per heavy atom. The lowest BCUT2D eigenvalue weighted by atomic mass is 10.1. The molecule has 6 rings (SSSR count). The van der Waals surface area contributed by atoms with Gasteiger partial charge in [-0.2, -0.15) is 0 Å². The summed E-state index contributed by atoms with van der Waals surface area (Å²) in [5.74, 6) is -5.50. The molecule has 2 aliphatic rings. The summed E-state index contributed by atoms with van der Waals surface area (Å²) in [7, 11) is -3.94. The highest BCUT2D eigenvalue weighted by Crippen LogP contribution is 2.33. The van der Waals surface area contributed by atoms with Crippen molar-refractivity contribution in [1.29, 1.82) is 0 Å². The van der Waals surface area contributed by atoms with Gasteiger partial charge >= 0.3 is 0 Å². The topological polar surface area (TPSA) is 71.4 Å². The second-order valence-electron chi connectivity index (χ2n) is 10.5. The maximum Gasteiger partial charge on any atom is 0.268 e. The van der Waals surface area contributed by atoms with Gasteiger partial charge in [-0.25, -0.2) is 30.0 Å². The van der Waals surface area contributed by atoms with Crippen LogP contribution in [0.1, 0.15) is 36.0 Å². The van der Waals surface area contributed by atoms with E-state index in [1.165, 1.54) is 33.1 Å². The first-order valence-electron chi connectivity index (χ1n) is 13.7. The fourth-order valence-corrected chi connectivity index (χ4v) is 6.46. The SMILES string of the molecule is FC1(F)CCNCC1.O=C(c1ccc(S(=O)(=O)n2cc(-c3ccccc3)c3ccccc32)cc1)N1CCC(F)(F)CC1. The van der Waals surface area contributed by atoms with Crippen LogP contribution in [0.5, 0.6) is 0 Å². The van der Waals surface area contributed by atoms with Crippen molar-refractivity contribution in [2.24, 2.45) is 0 Å². The number of benzene rings is 3. The van der Waals surface area contributed by atoms with E-state index in [0.717, 1.165) is 16.5 Å². The second-order valence-corrected chi connectivity index (χ2v) is 12.3. The average molecular weight is 602 g/mol. The average Bonchev–Trinajstić information content (AvgIpc) is 3.38. The molecule has 0 radical (unpaired) electrons. The van der Waals surface area contributed by atoms with Gasteiger partial charge < -0.3 is 10.2 Å². The molecule has 0 unspecified atom stereocenters. The molecule has 42 heavy (non-hydrogen) atoms. The molecule has 0 atom stereocenters. The zero-order chi connectivity index (χ0) is 30.0. The molecule has 11 heteroatoms. The van der Waals surface area contributed by atoms with Gasteiger partial charge in [0.05, 0.1) is 10.4 Å². The summed E-state index contributed by atoms with van der Waals surface area (Å²) in [6.07, 6.45) is 0.896. The van der Waals surface area contributed by atoms with E-state index >= 15 is 0 Å². The van der Waals surface area contributed by atoms with E-state index in [4.69, 9.17) is 0 Å². The molecule has 1 N–H and O–H groups in total. The zero-order valence-electron chi connectivity index (χ0n) is 22.8. The summed E-state index contributed by atoms with van der Waals surface area (Å²) >= 11 is 0. The van der Waals surface area contributed by atoms with Crippen molar-refractivity contribution in [2.45, 2.75) is 42.4 Å². The molecule has 222 valence electrons. The van der Waals surface area contributed by atoms with Crippen molar-refractivity contribution in [3.63, 3.8) is 0 Å². The highest BCUT2D eigenvalue weighted by molar-refractivity contribution is 7.90. The Hall–Kier alpha value is -3.70. The van der Waals surface area contributed by atoms with Crippen LogP contribution in [0.4, 0.5) is 17.6 Å². The standard InChI is InChI=1S/C26H22F2N2O3S.C5H9F2N/c27-26(28)14-16-29(17-15-26)25(31)20-10-12-21(13-11-20)34(32,33)30-18-23(19-6-2-1-3-7-19)22-8-4-5-9-24(22)30;6-5(7)1-3-8-4-2-5/h1-13,18H,14-17H2;8H,1-4H2. The zero-order valence-corrected chi connectivity index (χ0v) is 23.6. The van der Waals surface area contributed by atoms with Crippen LogP contribution < -0.4 is 5.32 Å². The third-order valence-electron chi connectivity index (χ3n) is 7.54. The van der Waals surface area contributed by atoms with Crippen LogP contribution in [0, 0.1) is 0 Å². The Morgan fingerprint density at radius 1 is 0.738 bits per heavy atom. The summed E-state index contributed by atoms with van der Waals surface area (Å²) in [4.78, 5) is 14.1. The number of nitrogens with one attached hydrogen (secondary N) is 1. The monoisotopic (exact) mass is 601 g/mol. The van der Waals surface area contributed by atoms with Gasteiger partial charge in [0.25, 0.3) is 27.8 Å². The van der Waals surface area contributed by atoms with Crippen LogP contribution >= 0.6 is 0 Å². The first-order chi connectivity index (χ1) is 20.0. The fourth-order valence-electron chi connectivity index (χ4n) is 5.09. The molecular formula is C31H31F4N3O3S. The van der Waals surface area contributed by atoms with Gasteiger partial charge in [0, 0.05) is 74.6 Å². The highest BCUT2D eigenvalue weighted by atomic mass is 32.2. The van der Waals surface area contributed by atoms with Crippen molar-refractivity contribution in [1.82, 2.24) is 14.2 Å². The number of carbonyl (C=O) groups is 1. The minimum absolute atomic E-state index is 0.00694. The van der Waals surface area contributed by atoms with Gasteiger partial charge in [-0.05, 0) is 35.9 Å². The van der Waals surface area contributed by atoms with Gasteiger partial charge in [0.15, 0.2) is 0 Å². The number of aromatic nitrogens is 1. The van der Waals surface area contributed by atoms with E-state index in [9.17, 15) is 30.8 Å². The number of nitrogens with zero attached hydrogens (tertiary/aromatic N) is 2. The largest absolute Gasteiger partial charge is 0.338 e. The van der Waals surface area contributed by atoms with Gasteiger partial charge in [0.1, 0.15) is 0 Å². The number of hydrogen-bond donors (Lipinski definition) is 1. The van der Waals surface area contributed by atoms with Crippen molar-refractivity contribution in [2.75, 3.05) is 26.2 Å². The highest BCUT2D eigenvalue weighted by Gasteiger charge is 2.36. The number of rotatable bonds is 4. The van der Waals surface area contributed by atoms with Gasteiger partial charge in [-0.15, -0.1) is 0 Å². The molecule has 6 nitrogen and oxygen atoms in total. The Balaban J connectivity index is 0.000000382. The minimum Gasteiger partial charge on any atom is -0.338 e. The Labute approximate surface area is 242 Å². The Morgan fingerprint density at radius 2 is 1.31 bits per heavy atom. The van der Waals surface area contributed by atoms with Crippen LogP contribution in [0.15, 0.2) is 90.0 Å². The number of likely N-dealkylation sites (tertiary alicyclic amines) is 1. The molecule has 0 spiro atoms. The number of halogens is 4. The maximum absolute atomic E-state index is 13.5. The van der Waals surface area contributed by atoms with Crippen LogP contribution in [0.2, 0.25) is 0 Å². The van der Waals surface area contributed by atoms with Crippen LogP contribution in [0.25, 0.3) is 22.0 Å². The summed E-state index contributed by atoms with van der Waals surface area (Å²) in [5.41, 5.74) is 2.52. The van der Waals surface area contributed by atoms with E-state index in [-0.39, 0.29) is 55.1 Å². The molecule has 1 amide bonds. The molecule has 0 saturated carbocycles.